The molecule has 0 spiro atoms. The van der Waals surface area contributed by atoms with E-state index < -0.39 is 6.29 Å². The van der Waals surface area contributed by atoms with Gasteiger partial charge in [-0.2, -0.15) is 0 Å². The lowest BCUT2D eigenvalue weighted by atomic mass is 10.3. The minimum absolute atomic E-state index is 0.221. The molecular weight excluding hydrogens is 192 g/mol. The Bertz CT molecular complexity index is 295. The Balaban J connectivity index is 2.36. The van der Waals surface area contributed by atoms with E-state index in [-0.39, 0.29) is 5.97 Å². The Labute approximate surface area is 90.0 Å². The fourth-order valence-corrected chi connectivity index (χ4v) is 1.16. The van der Waals surface area contributed by atoms with E-state index in [9.17, 15) is 4.79 Å². The molecule has 0 aromatic heterocycles. The number of ether oxygens (including phenoxy) is 2. The second-order valence-electron chi connectivity index (χ2n) is 3.24. The van der Waals surface area contributed by atoms with Crippen LogP contribution in [0.3, 0.4) is 0 Å². The maximum Gasteiger partial charge on any atom is 0.308 e. The minimum atomic E-state index is -0.536. The van der Waals surface area contributed by atoms with E-state index in [2.05, 4.69) is 0 Å². The second-order valence-corrected chi connectivity index (χ2v) is 3.24. The van der Waals surface area contributed by atoms with Crippen molar-refractivity contribution in [3.63, 3.8) is 0 Å². The smallest absolute Gasteiger partial charge is 0.308 e. The van der Waals surface area contributed by atoms with Gasteiger partial charge in [0.2, 0.25) is 6.29 Å². The highest BCUT2D eigenvalue weighted by molar-refractivity contribution is 5.69. The van der Waals surface area contributed by atoms with Gasteiger partial charge in [-0.25, -0.2) is 0 Å². The van der Waals surface area contributed by atoms with Crippen molar-refractivity contribution in [1.82, 2.24) is 0 Å². The summed E-state index contributed by atoms with van der Waals surface area (Å²) in [5.74, 6) is 0.482. The molecule has 0 amide bonds. The fraction of sp³-hybridized carbons (Fsp3) is 0.417. The van der Waals surface area contributed by atoms with Crippen LogP contribution in [0, 0.1) is 0 Å². The molecule has 0 radical (unpaired) electrons. The molecule has 3 nitrogen and oxygen atoms in total. The Kier molecular flexibility index (Phi) is 4.68. The second kappa shape index (κ2) is 6.06. The van der Waals surface area contributed by atoms with Crippen molar-refractivity contribution in [1.29, 1.82) is 0 Å². The lowest BCUT2D eigenvalue weighted by Gasteiger charge is -2.14. The van der Waals surface area contributed by atoms with Gasteiger partial charge in [0.15, 0.2) is 0 Å². The number of carbonyl (C=O) groups excluding carboxylic acids is 1. The molecule has 3 heteroatoms. The van der Waals surface area contributed by atoms with Crippen molar-refractivity contribution >= 4 is 5.97 Å². The Morgan fingerprint density at radius 3 is 2.60 bits per heavy atom. The van der Waals surface area contributed by atoms with Crippen LogP contribution in [0.4, 0.5) is 0 Å². The maximum absolute atomic E-state index is 11.1. The third-order valence-corrected chi connectivity index (χ3v) is 1.80. The van der Waals surface area contributed by atoms with Crippen molar-refractivity contribution in [2.45, 2.75) is 33.0 Å². The van der Waals surface area contributed by atoms with Gasteiger partial charge in [0.1, 0.15) is 5.75 Å². The first-order chi connectivity index (χ1) is 7.22. The molecule has 0 bridgehead atoms. The minimum Gasteiger partial charge on any atom is -0.455 e. The molecule has 15 heavy (non-hydrogen) atoms. The normalized spacial score (nSPS) is 11.9. The molecule has 0 N–H and O–H groups in total. The lowest BCUT2D eigenvalue weighted by molar-refractivity contribution is -0.161. The van der Waals surface area contributed by atoms with Gasteiger partial charge < -0.3 is 9.47 Å². The first-order valence-electron chi connectivity index (χ1n) is 5.13. The van der Waals surface area contributed by atoms with E-state index in [1.807, 2.05) is 37.3 Å². The zero-order chi connectivity index (χ0) is 11.1. The summed E-state index contributed by atoms with van der Waals surface area (Å²) in [6.07, 6.45) is 0.686. The molecule has 0 saturated heterocycles. The van der Waals surface area contributed by atoms with E-state index in [0.717, 1.165) is 6.42 Å². The van der Waals surface area contributed by atoms with Crippen molar-refractivity contribution in [3.8, 4) is 5.75 Å². The van der Waals surface area contributed by atoms with Crippen molar-refractivity contribution in [2.75, 3.05) is 0 Å². The predicted molar refractivity (Wildman–Crippen MR) is 57.5 cm³/mol. The number of carbonyl (C=O) groups is 1. The molecule has 1 aromatic rings. The molecule has 0 fully saturated rings. The van der Waals surface area contributed by atoms with Crippen LogP contribution in [0.2, 0.25) is 0 Å². The molecule has 82 valence electrons. The van der Waals surface area contributed by atoms with Crippen LogP contribution in [0.15, 0.2) is 30.3 Å². The van der Waals surface area contributed by atoms with Crippen LogP contribution in [-0.2, 0) is 9.53 Å². The summed E-state index contributed by atoms with van der Waals surface area (Å²) in [7, 11) is 0. The van der Waals surface area contributed by atoms with Gasteiger partial charge in [-0.3, -0.25) is 4.79 Å². The number of hydrogen-bond acceptors (Lipinski definition) is 3. The highest BCUT2D eigenvalue weighted by atomic mass is 16.7. The molecule has 1 atom stereocenters. The van der Waals surface area contributed by atoms with Crippen molar-refractivity contribution < 1.29 is 14.3 Å². The largest absolute Gasteiger partial charge is 0.455 e. The lowest BCUT2D eigenvalue weighted by Crippen LogP contribution is -2.20. The highest BCUT2D eigenvalue weighted by Crippen LogP contribution is 2.11. The Morgan fingerprint density at radius 1 is 1.33 bits per heavy atom. The van der Waals surface area contributed by atoms with E-state index in [4.69, 9.17) is 9.47 Å². The third-order valence-electron chi connectivity index (χ3n) is 1.80. The van der Waals surface area contributed by atoms with Crippen LogP contribution in [-0.4, -0.2) is 12.3 Å². The summed E-state index contributed by atoms with van der Waals surface area (Å²) in [6, 6.07) is 9.29. The van der Waals surface area contributed by atoms with E-state index in [1.54, 1.807) is 6.92 Å². The molecule has 1 unspecified atom stereocenters. The molecular formula is C12H16O3. The summed E-state index contributed by atoms with van der Waals surface area (Å²) in [6.45, 7) is 3.64. The summed E-state index contributed by atoms with van der Waals surface area (Å²) in [5.41, 5.74) is 0. The third kappa shape index (κ3) is 4.49. The molecule has 1 rings (SSSR count). The van der Waals surface area contributed by atoms with Gasteiger partial charge in [0, 0.05) is 13.3 Å². The molecule has 1 aromatic carbocycles. The number of hydrogen-bond donors (Lipinski definition) is 0. The fourth-order valence-electron chi connectivity index (χ4n) is 1.16. The maximum atomic E-state index is 11.1. The van der Waals surface area contributed by atoms with Gasteiger partial charge in [0.05, 0.1) is 0 Å². The average molecular weight is 208 g/mol. The van der Waals surface area contributed by atoms with Gasteiger partial charge in [-0.15, -0.1) is 0 Å². The van der Waals surface area contributed by atoms with Crippen LogP contribution >= 0.6 is 0 Å². The Morgan fingerprint density at radius 2 is 2.00 bits per heavy atom. The summed E-state index contributed by atoms with van der Waals surface area (Å²) < 4.78 is 10.4. The molecule has 0 aliphatic heterocycles. The summed E-state index contributed by atoms with van der Waals surface area (Å²) >= 11 is 0. The van der Waals surface area contributed by atoms with E-state index in [1.165, 1.54) is 0 Å². The van der Waals surface area contributed by atoms with Gasteiger partial charge in [-0.1, -0.05) is 25.1 Å². The van der Waals surface area contributed by atoms with Crippen LogP contribution in [0.1, 0.15) is 26.7 Å². The topological polar surface area (TPSA) is 35.5 Å². The number of benzene rings is 1. The number of rotatable bonds is 5. The quantitative estimate of drug-likeness (QED) is 0.551. The first-order valence-corrected chi connectivity index (χ1v) is 5.13. The monoisotopic (exact) mass is 208 g/mol. The first kappa shape index (κ1) is 11.6. The van der Waals surface area contributed by atoms with Crippen molar-refractivity contribution in [2.24, 2.45) is 0 Å². The zero-order valence-electron chi connectivity index (χ0n) is 9.10. The summed E-state index contributed by atoms with van der Waals surface area (Å²) in [5, 5.41) is 0. The molecule has 0 saturated carbocycles. The molecule has 0 aliphatic carbocycles. The van der Waals surface area contributed by atoms with Crippen LogP contribution in [0.5, 0.6) is 5.75 Å². The predicted octanol–water partition coefficient (Wildman–Crippen LogP) is 2.75. The van der Waals surface area contributed by atoms with Crippen LogP contribution < -0.4 is 4.74 Å². The van der Waals surface area contributed by atoms with Gasteiger partial charge in [-0.05, 0) is 18.6 Å². The average Bonchev–Trinajstić information content (AvgIpc) is 2.19. The van der Waals surface area contributed by atoms with Gasteiger partial charge >= 0.3 is 5.97 Å². The van der Waals surface area contributed by atoms with Crippen molar-refractivity contribution in [3.05, 3.63) is 30.3 Å². The summed E-state index contributed by atoms with van der Waals surface area (Å²) in [4.78, 5) is 11.1. The van der Waals surface area contributed by atoms with Gasteiger partial charge in [0.25, 0.3) is 0 Å². The van der Waals surface area contributed by atoms with E-state index >= 15 is 0 Å². The SMILES string of the molecule is CCCC(=O)OC(C)Oc1ccccc1. The van der Waals surface area contributed by atoms with Crippen LogP contribution in [0.25, 0.3) is 0 Å². The number of para-hydroxylation sites is 1. The standard InChI is InChI=1S/C12H16O3/c1-3-7-12(13)15-10(2)14-11-8-5-4-6-9-11/h4-6,8-10H,3,7H2,1-2H3. The molecule has 0 aliphatic rings. The zero-order valence-corrected chi connectivity index (χ0v) is 9.10. The van der Waals surface area contributed by atoms with E-state index in [0.29, 0.717) is 12.2 Å². The Hall–Kier alpha value is -1.51. The highest BCUT2D eigenvalue weighted by Gasteiger charge is 2.08. The number of esters is 1. The molecule has 0 heterocycles.